The van der Waals surface area contributed by atoms with Crippen LogP contribution in [0.1, 0.15) is 21.5 Å². The Morgan fingerprint density at radius 2 is 2.18 bits per heavy atom. The number of aromatic nitrogens is 3. The summed E-state index contributed by atoms with van der Waals surface area (Å²) in [6.45, 7) is 5.42. The summed E-state index contributed by atoms with van der Waals surface area (Å²) in [5.41, 5.74) is 11.2. The van der Waals surface area contributed by atoms with Gasteiger partial charge in [0, 0.05) is 47.9 Å². The van der Waals surface area contributed by atoms with E-state index in [-0.39, 0.29) is 6.04 Å². The average Bonchev–Trinajstić information content (AvgIpc) is 3.33. The molecule has 2 aromatic heterocycles. The van der Waals surface area contributed by atoms with E-state index in [1.54, 1.807) is 0 Å². The molecule has 0 saturated carbocycles. The minimum absolute atomic E-state index is 0.175. The Kier molecular flexibility index (Phi) is 4.95. The number of carbonyl (C=O) groups is 1. The van der Waals surface area contributed by atoms with Crippen molar-refractivity contribution in [2.24, 2.45) is 5.73 Å². The highest BCUT2D eigenvalue weighted by Crippen LogP contribution is 2.38. The maximum Gasteiger partial charge on any atom is 0.249 e. The molecule has 1 unspecified atom stereocenters. The van der Waals surface area contributed by atoms with Gasteiger partial charge in [-0.05, 0) is 30.7 Å². The van der Waals surface area contributed by atoms with Gasteiger partial charge in [-0.1, -0.05) is 29.8 Å². The first-order chi connectivity index (χ1) is 16.6. The van der Waals surface area contributed by atoms with Gasteiger partial charge in [0.1, 0.15) is 0 Å². The third kappa shape index (κ3) is 3.47. The second-order valence-corrected chi connectivity index (χ2v) is 8.97. The minimum atomic E-state index is -0.416. The van der Waals surface area contributed by atoms with Crippen molar-refractivity contribution in [1.29, 1.82) is 0 Å². The van der Waals surface area contributed by atoms with Crippen LogP contribution in [0.15, 0.2) is 54.9 Å². The van der Waals surface area contributed by atoms with Gasteiger partial charge in [0.2, 0.25) is 5.91 Å². The van der Waals surface area contributed by atoms with Crippen LogP contribution < -0.4 is 15.5 Å². The summed E-state index contributed by atoms with van der Waals surface area (Å²) in [5, 5.41) is 1.10. The molecule has 34 heavy (non-hydrogen) atoms. The molecular formula is C26H26N6O2. The molecule has 4 aromatic rings. The number of aromatic amines is 1. The molecule has 8 heteroatoms. The molecule has 1 amide bonds. The van der Waals surface area contributed by atoms with E-state index < -0.39 is 5.91 Å². The highest BCUT2D eigenvalue weighted by Gasteiger charge is 2.35. The molecule has 172 valence electrons. The zero-order valence-corrected chi connectivity index (χ0v) is 19.0. The number of nitrogens with two attached hydrogens (primary N) is 1. The Balaban J connectivity index is 1.44. The fourth-order valence-corrected chi connectivity index (χ4v) is 5.10. The van der Waals surface area contributed by atoms with Gasteiger partial charge in [-0.3, -0.25) is 4.79 Å². The second kappa shape index (κ2) is 8.14. The Morgan fingerprint density at radius 1 is 1.26 bits per heavy atom. The number of morpholine rings is 1. The summed E-state index contributed by atoms with van der Waals surface area (Å²) in [5.74, 6) is 1.19. The molecule has 2 aliphatic rings. The zero-order chi connectivity index (χ0) is 23.2. The molecule has 4 heterocycles. The Hall–Kier alpha value is -3.91. The third-order valence-corrected chi connectivity index (χ3v) is 6.74. The van der Waals surface area contributed by atoms with Crippen LogP contribution in [0.5, 0.6) is 0 Å². The topological polar surface area (TPSA) is 100 Å². The quantitative estimate of drug-likeness (QED) is 0.491. The number of hydrogen-bond donors (Lipinski definition) is 2. The first-order valence-corrected chi connectivity index (χ1v) is 11.5. The van der Waals surface area contributed by atoms with Crippen molar-refractivity contribution in [3.63, 3.8) is 0 Å². The van der Waals surface area contributed by atoms with Crippen molar-refractivity contribution >= 4 is 28.3 Å². The minimum Gasteiger partial charge on any atom is -0.377 e. The van der Waals surface area contributed by atoms with E-state index in [0.29, 0.717) is 31.1 Å². The fourth-order valence-electron chi connectivity index (χ4n) is 5.10. The zero-order valence-electron chi connectivity index (χ0n) is 19.0. The lowest BCUT2D eigenvalue weighted by Crippen LogP contribution is -2.55. The molecule has 0 bridgehead atoms. The summed E-state index contributed by atoms with van der Waals surface area (Å²) >= 11 is 0. The monoisotopic (exact) mass is 454 g/mol. The largest absolute Gasteiger partial charge is 0.377 e. The van der Waals surface area contributed by atoms with Gasteiger partial charge in [0.05, 0.1) is 31.1 Å². The SMILES string of the molecule is Cc1ccc(C(N)=O)c(CN2CC3COCCN3c3nc(-c4cccc5[nH]ccc45)ncc32)c1. The van der Waals surface area contributed by atoms with Crippen LogP contribution in [0.2, 0.25) is 0 Å². The maximum atomic E-state index is 12.1. The first kappa shape index (κ1) is 20.7. The predicted octanol–water partition coefficient (Wildman–Crippen LogP) is 3.26. The van der Waals surface area contributed by atoms with E-state index in [4.69, 9.17) is 20.4 Å². The maximum absolute atomic E-state index is 12.1. The van der Waals surface area contributed by atoms with Gasteiger partial charge < -0.3 is 25.3 Å². The molecule has 8 nitrogen and oxygen atoms in total. The first-order valence-electron chi connectivity index (χ1n) is 11.5. The Labute approximate surface area is 197 Å². The summed E-state index contributed by atoms with van der Waals surface area (Å²) in [4.78, 5) is 29.8. The number of H-pyrrole nitrogens is 1. The van der Waals surface area contributed by atoms with Gasteiger partial charge in [-0.25, -0.2) is 9.97 Å². The number of hydrogen-bond acceptors (Lipinski definition) is 6. The Morgan fingerprint density at radius 3 is 3.06 bits per heavy atom. The number of carbonyl (C=O) groups excluding carboxylic acids is 1. The van der Waals surface area contributed by atoms with E-state index >= 15 is 0 Å². The normalized spacial score (nSPS) is 17.5. The molecule has 0 aliphatic carbocycles. The van der Waals surface area contributed by atoms with Crippen LogP contribution in [0.4, 0.5) is 11.5 Å². The van der Waals surface area contributed by atoms with Gasteiger partial charge >= 0.3 is 0 Å². The molecule has 6 rings (SSSR count). The number of benzene rings is 2. The van der Waals surface area contributed by atoms with E-state index in [9.17, 15) is 4.79 Å². The standard InChI is InChI=1S/C26H26N6O2/c1-16-5-6-19(24(27)33)17(11-16)13-31-14-18-15-34-10-9-32(18)26-23(31)12-29-25(30-26)21-3-2-4-22-20(21)7-8-28-22/h2-8,11-12,18,28H,9-10,13-15H2,1H3,(H2,27,33). The number of rotatable bonds is 4. The predicted molar refractivity (Wildman–Crippen MR) is 132 cm³/mol. The number of fused-ring (bicyclic) bond motifs is 4. The molecule has 1 saturated heterocycles. The molecule has 0 spiro atoms. The molecule has 0 radical (unpaired) electrons. The van der Waals surface area contributed by atoms with Crippen molar-refractivity contribution in [3.8, 4) is 11.4 Å². The van der Waals surface area contributed by atoms with Gasteiger partial charge in [0.15, 0.2) is 11.6 Å². The molecule has 3 N–H and O–H groups in total. The van der Waals surface area contributed by atoms with Crippen molar-refractivity contribution in [1.82, 2.24) is 15.0 Å². The van der Waals surface area contributed by atoms with Gasteiger partial charge in [0.25, 0.3) is 0 Å². The van der Waals surface area contributed by atoms with Crippen molar-refractivity contribution in [3.05, 3.63) is 71.5 Å². The summed E-state index contributed by atoms with van der Waals surface area (Å²) in [6.07, 6.45) is 3.85. The molecule has 2 aliphatic heterocycles. The summed E-state index contributed by atoms with van der Waals surface area (Å²) < 4.78 is 5.81. The number of nitrogens with zero attached hydrogens (tertiary/aromatic N) is 4. The average molecular weight is 455 g/mol. The van der Waals surface area contributed by atoms with Crippen molar-refractivity contribution in [2.45, 2.75) is 19.5 Å². The van der Waals surface area contributed by atoms with E-state index in [0.717, 1.165) is 52.2 Å². The number of nitrogens with one attached hydrogen (secondary N) is 1. The van der Waals surface area contributed by atoms with Gasteiger partial charge in [-0.2, -0.15) is 0 Å². The molecule has 1 fully saturated rings. The summed E-state index contributed by atoms with van der Waals surface area (Å²) in [7, 11) is 0. The molecular weight excluding hydrogens is 428 g/mol. The summed E-state index contributed by atoms with van der Waals surface area (Å²) in [6, 6.07) is 14.1. The van der Waals surface area contributed by atoms with E-state index in [1.165, 1.54) is 0 Å². The van der Waals surface area contributed by atoms with Crippen molar-refractivity contribution < 1.29 is 9.53 Å². The van der Waals surface area contributed by atoms with Crippen LogP contribution >= 0.6 is 0 Å². The Bertz CT molecular complexity index is 1400. The van der Waals surface area contributed by atoms with Gasteiger partial charge in [-0.15, -0.1) is 0 Å². The van der Waals surface area contributed by atoms with Crippen LogP contribution in [-0.2, 0) is 11.3 Å². The van der Waals surface area contributed by atoms with Crippen LogP contribution in [0, 0.1) is 6.92 Å². The number of aryl methyl sites for hydroxylation is 1. The van der Waals surface area contributed by atoms with Crippen LogP contribution in [-0.4, -0.2) is 53.2 Å². The van der Waals surface area contributed by atoms with E-state index in [1.807, 2.05) is 43.6 Å². The second-order valence-electron chi connectivity index (χ2n) is 8.97. The lowest BCUT2D eigenvalue weighted by Gasteiger charge is -2.45. The third-order valence-electron chi connectivity index (χ3n) is 6.74. The lowest BCUT2D eigenvalue weighted by molar-refractivity contribution is 0.0935. The number of ether oxygens (including phenoxy) is 1. The van der Waals surface area contributed by atoms with E-state index in [2.05, 4.69) is 33.0 Å². The highest BCUT2D eigenvalue weighted by atomic mass is 16.5. The molecule has 2 aromatic carbocycles. The number of anilines is 2. The molecule has 1 atom stereocenters. The van der Waals surface area contributed by atoms with Crippen molar-refractivity contribution in [2.75, 3.05) is 36.1 Å². The smallest absolute Gasteiger partial charge is 0.249 e. The number of amides is 1. The highest BCUT2D eigenvalue weighted by molar-refractivity contribution is 5.95. The fraction of sp³-hybridized carbons (Fsp3) is 0.269. The van der Waals surface area contributed by atoms with Crippen LogP contribution in [0.3, 0.4) is 0 Å². The van der Waals surface area contributed by atoms with Crippen LogP contribution in [0.25, 0.3) is 22.3 Å². The lowest BCUT2D eigenvalue weighted by atomic mass is 10.0. The number of primary amides is 1.